The molecule has 0 radical (unpaired) electrons. The number of benzene rings is 2. The van der Waals surface area contributed by atoms with Crippen LogP contribution in [0, 0.1) is 30.9 Å². The standard InChI is InChI=1S/C20H20ClN3O5/c1-11-4-5-12(2)19(13(11)3)29-9-14(25)8-23-10-22-17-7-16(21)18(24(27)28)6-15(17)20(23)26/h4-7,10,14,25H,8-9H2,1-3H3. The molecule has 152 valence electrons. The topological polar surface area (TPSA) is 107 Å². The highest BCUT2D eigenvalue weighted by atomic mass is 35.5. The van der Waals surface area contributed by atoms with Gasteiger partial charge in [0.1, 0.15) is 23.5 Å². The fourth-order valence-corrected chi connectivity index (χ4v) is 3.27. The van der Waals surface area contributed by atoms with Gasteiger partial charge in [-0.15, -0.1) is 0 Å². The minimum absolute atomic E-state index is 0.0175. The molecular weight excluding hydrogens is 398 g/mol. The first-order valence-electron chi connectivity index (χ1n) is 8.89. The summed E-state index contributed by atoms with van der Waals surface area (Å²) in [5, 5.41) is 21.4. The molecule has 0 aliphatic heterocycles. The van der Waals surface area contributed by atoms with Crippen molar-refractivity contribution < 1.29 is 14.8 Å². The zero-order chi connectivity index (χ0) is 21.3. The number of nitro groups is 1. The van der Waals surface area contributed by atoms with Gasteiger partial charge in [0.25, 0.3) is 11.2 Å². The lowest BCUT2D eigenvalue weighted by atomic mass is 10.1. The summed E-state index contributed by atoms with van der Waals surface area (Å²) in [6.07, 6.45) is 0.299. The normalized spacial score (nSPS) is 12.2. The maximum Gasteiger partial charge on any atom is 0.288 e. The molecule has 3 aromatic rings. The summed E-state index contributed by atoms with van der Waals surface area (Å²) >= 11 is 5.86. The summed E-state index contributed by atoms with van der Waals surface area (Å²) in [4.78, 5) is 27.2. The van der Waals surface area contributed by atoms with Gasteiger partial charge < -0.3 is 9.84 Å². The van der Waals surface area contributed by atoms with Crippen LogP contribution in [0.4, 0.5) is 5.69 Å². The van der Waals surface area contributed by atoms with Crippen LogP contribution in [-0.4, -0.2) is 32.3 Å². The molecule has 1 atom stereocenters. The maximum atomic E-state index is 12.7. The number of rotatable bonds is 6. The summed E-state index contributed by atoms with van der Waals surface area (Å²) in [7, 11) is 0. The Labute approximate surface area is 171 Å². The number of fused-ring (bicyclic) bond motifs is 1. The summed E-state index contributed by atoms with van der Waals surface area (Å²) in [5.41, 5.74) is 2.40. The van der Waals surface area contributed by atoms with Gasteiger partial charge in [-0.25, -0.2) is 4.98 Å². The van der Waals surface area contributed by atoms with E-state index < -0.39 is 16.6 Å². The number of aliphatic hydroxyl groups is 1. The van der Waals surface area contributed by atoms with Crippen LogP contribution in [0.1, 0.15) is 16.7 Å². The third-order valence-electron chi connectivity index (χ3n) is 4.79. The van der Waals surface area contributed by atoms with Crippen molar-refractivity contribution >= 4 is 28.2 Å². The molecule has 1 aromatic heterocycles. The van der Waals surface area contributed by atoms with Gasteiger partial charge >= 0.3 is 0 Å². The molecule has 1 unspecified atom stereocenters. The van der Waals surface area contributed by atoms with Crippen LogP contribution < -0.4 is 10.3 Å². The third kappa shape index (κ3) is 4.23. The molecule has 2 aromatic carbocycles. The molecule has 0 spiro atoms. The Morgan fingerprint density at radius 1 is 1.28 bits per heavy atom. The highest BCUT2D eigenvalue weighted by Crippen LogP contribution is 2.28. The molecule has 0 bridgehead atoms. The maximum absolute atomic E-state index is 12.7. The first kappa shape index (κ1) is 20.8. The second-order valence-corrected chi connectivity index (χ2v) is 7.31. The molecule has 3 rings (SSSR count). The van der Waals surface area contributed by atoms with Crippen molar-refractivity contribution in [1.82, 2.24) is 9.55 Å². The van der Waals surface area contributed by atoms with Gasteiger partial charge in [0.15, 0.2) is 0 Å². The largest absolute Gasteiger partial charge is 0.490 e. The van der Waals surface area contributed by atoms with E-state index in [0.717, 1.165) is 22.8 Å². The van der Waals surface area contributed by atoms with Crippen LogP contribution in [-0.2, 0) is 6.54 Å². The average Bonchev–Trinajstić information content (AvgIpc) is 2.66. The second-order valence-electron chi connectivity index (χ2n) is 6.90. The van der Waals surface area contributed by atoms with E-state index in [1.807, 2.05) is 32.9 Å². The van der Waals surface area contributed by atoms with E-state index >= 15 is 0 Å². The first-order chi connectivity index (χ1) is 13.7. The number of halogens is 1. The molecule has 0 fully saturated rings. The van der Waals surface area contributed by atoms with E-state index in [0.29, 0.717) is 5.75 Å². The molecule has 9 heteroatoms. The SMILES string of the molecule is Cc1ccc(C)c(OCC(O)Cn2cnc3cc(Cl)c([N+](=O)[O-])cc3c2=O)c1C. The van der Waals surface area contributed by atoms with Crippen LogP contribution in [0.25, 0.3) is 10.9 Å². The lowest BCUT2D eigenvalue weighted by Crippen LogP contribution is -2.30. The summed E-state index contributed by atoms with van der Waals surface area (Å²) in [6.45, 7) is 5.76. The minimum atomic E-state index is -0.978. The molecular formula is C20H20ClN3O5. The van der Waals surface area contributed by atoms with Crippen LogP contribution >= 0.6 is 11.6 Å². The van der Waals surface area contributed by atoms with Crippen molar-refractivity contribution in [2.75, 3.05) is 6.61 Å². The van der Waals surface area contributed by atoms with Crippen LogP contribution in [0.2, 0.25) is 5.02 Å². The van der Waals surface area contributed by atoms with Crippen molar-refractivity contribution in [1.29, 1.82) is 0 Å². The molecule has 0 aliphatic rings. The number of aliphatic hydroxyl groups excluding tert-OH is 1. The van der Waals surface area contributed by atoms with Crippen LogP contribution in [0.3, 0.4) is 0 Å². The van der Waals surface area contributed by atoms with Gasteiger partial charge in [-0.1, -0.05) is 23.7 Å². The number of nitrogens with zero attached hydrogens (tertiary/aromatic N) is 3. The van der Waals surface area contributed by atoms with Gasteiger partial charge in [0.2, 0.25) is 0 Å². The van der Waals surface area contributed by atoms with Crippen LogP contribution in [0.15, 0.2) is 35.4 Å². The number of aryl methyl sites for hydroxylation is 2. The molecule has 8 nitrogen and oxygen atoms in total. The Morgan fingerprint density at radius 2 is 1.97 bits per heavy atom. The number of aromatic nitrogens is 2. The lowest BCUT2D eigenvalue weighted by Gasteiger charge is -2.17. The van der Waals surface area contributed by atoms with Crippen molar-refractivity contribution in [3.63, 3.8) is 0 Å². The monoisotopic (exact) mass is 417 g/mol. The van der Waals surface area contributed by atoms with Gasteiger partial charge in [-0.2, -0.15) is 0 Å². The number of nitro benzene ring substituents is 1. The Morgan fingerprint density at radius 3 is 2.66 bits per heavy atom. The van der Waals surface area contributed by atoms with Crippen molar-refractivity contribution in [2.24, 2.45) is 0 Å². The number of hydrogen-bond donors (Lipinski definition) is 1. The highest BCUT2D eigenvalue weighted by Gasteiger charge is 2.18. The van der Waals surface area contributed by atoms with Crippen LogP contribution in [0.5, 0.6) is 5.75 Å². The highest BCUT2D eigenvalue weighted by molar-refractivity contribution is 6.33. The smallest absolute Gasteiger partial charge is 0.288 e. The van der Waals surface area contributed by atoms with Crippen molar-refractivity contribution in [2.45, 2.75) is 33.4 Å². The third-order valence-corrected chi connectivity index (χ3v) is 5.09. The molecule has 1 N–H and O–H groups in total. The Hall–Kier alpha value is -2.97. The fourth-order valence-electron chi connectivity index (χ4n) is 3.05. The predicted molar refractivity (Wildman–Crippen MR) is 110 cm³/mol. The lowest BCUT2D eigenvalue weighted by molar-refractivity contribution is -0.384. The average molecular weight is 418 g/mol. The Kier molecular flexibility index (Phi) is 5.86. The summed E-state index contributed by atoms with van der Waals surface area (Å²) in [6, 6.07) is 6.33. The predicted octanol–water partition coefficient (Wildman–Crippen LogP) is 3.32. The summed E-state index contributed by atoms with van der Waals surface area (Å²) in [5.74, 6) is 0.707. The summed E-state index contributed by atoms with van der Waals surface area (Å²) < 4.78 is 6.98. The molecule has 0 saturated heterocycles. The minimum Gasteiger partial charge on any atom is -0.490 e. The van der Waals surface area contributed by atoms with E-state index in [1.165, 1.54) is 17.0 Å². The number of hydrogen-bond acceptors (Lipinski definition) is 6. The van der Waals surface area contributed by atoms with E-state index in [-0.39, 0.29) is 34.8 Å². The van der Waals surface area contributed by atoms with Gasteiger partial charge in [0, 0.05) is 6.07 Å². The first-order valence-corrected chi connectivity index (χ1v) is 9.27. The van der Waals surface area contributed by atoms with E-state index in [9.17, 15) is 20.0 Å². The molecule has 1 heterocycles. The fraction of sp³-hybridized carbons (Fsp3) is 0.300. The molecule has 29 heavy (non-hydrogen) atoms. The number of ether oxygens (including phenoxy) is 1. The zero-order valence-electron chi connectivity index (χ0n) is 16.2. The van der Waals surface area contributed by atoms with E-state index in [1.54, 1.807) is 0 Å². The van der Waals surface area contributed by atoms with Gasteiger partial charge in [-0.3, -0.25) is 19.5 Å². The van der Waals surface area contributed by atoms with E-state index in [2.05, 4.69) is 4.98 Å². The quantitative estimate of drug-likeness (QED) is 0.487. The Balaban J connectivity index is 1.82. The zero-order valence-corrected chi connectivity index (χ0v) is 16.9. The molecule has 0 aliphatic carbocycles. The Bertz CT molecular complexity index is 1160. The van der Waals surface area contributed by atoms with Gasteiger partial charge in [0.05, 0.1) is 28.7 Å². The molecule has 0 saturated carbocycles. The van der Waals surface area contributed by atoms with E-state index in [4.69, 9.17) is 16.3 Å². The van der Waals surface area contributed by atoms with Crippen molar-refractivity contribution in [3.05, 3.63) is 72.8 Å². The second kappa shape index (κ2) is 8.18. The van der Waals surface area contributed by atoms with Crippen molar-refractivity contribution in [3.8, 4) is 5.75 Å². The van der Waals surface area contributed by atoms with Gasteiger partial charge in [-0.05, 0) is 43.5 Å². The molecule has 0 amide bonds.